The highest BCUT2D eigenvalue weighted by Gasteiger charge is 2.31. The first-order valence-electron chi connectivity index (χ1n) is 15.2. The molecule has 1 atom stereocenters. The van der Waals surface area contributed by atoms with Crippen LogP contribution in [0.4, 0.5) is 4.79 Å². The molecule has 4 rings (SSSR count). The Balaban J connectivity index is 1.55. The summed E-state index contributed by atoms with van der Waals surface area (Å²) >= 11 is 1.50. The average Bonchev–Trinajstić information content (AvgIpc) is 3.03. The van der Waals surface area contributed by atoms with Crippen molar-refractivity contribution in [3.63, 3.8) is 0 Å². The van der Waals surface area contributed by atoms with Crippen LogP contribution in [0, 0.1) is 0 Å². The lowest BCUT2D eigenvalue weighted by molar-refractivity contribution is -0.158. The molecular weight excluding hydrogens is 608 g/mol. The standard InChI is InChI=1S/C34H40N4O7S/c1-5-43-33(42)45-38-20-18-37(19-21-38)32(41)27(16-17-30(39)44-34(2,3)4)36-31(40)29-23-26(46-25-14-10-7-11-15-25)22-28(35-29)24-12-8-6-9-13-24/h6-15,22-23,27H,5,16-21H2,1-4H3,(H,36,40)/t27-/m0/s1. The van der Waals surface area contributed by atoms with Gasteiger partial charge in [0.25, 0.3) is 5.91 Å². The molecule has 3 aromatic rings. The van der Waals surface area contributed by atoms with E-state index in [0.29, 0.717) is 5.69 Å². The van der Waals surface area contributed by atoms with Gasteiger partial charge in [-0.25, -0.2) is 9.78 Å². The van der Waals surface area contributed by atoms with Gasteiger partial charge < -0.3 is 24.5 Å². The molecular formula is C34H40N4O7S. The van der Waals surface area contributed by atoms with Crippen LogP contribution in [0.5, 0.6) is 0 Å². The Hall–Kier alpha value is -4.42. The zero-order valence-corrected chi connectivity index (χ0v) is 27.4. The van der Waals surface area contributed by atoms with Gasteiger partial charge in [-0.15, -0.1) is 5.06 Å². The summed E-state index contributed by atoms with van der Waals surface area (Å²) in [6, 6.07) is 21.9. The van der Waals surface area contributed by atoms with Crippen molar-refractivity contribution in [3.05, 3.63) is 78.5 Å². The molecule has 1 aliphatic rings. The summed E-state index contributed by atoms with van der Waals surface area (Å²) in [6.45, 7) is 8.19. The Morgan fingerprint density at radius 1 is 0.913 bits per heavy atom. The second kappa shape index (κ2) is 16.2. The summed E-state index contributed by atoms with van der Waals surface area (Å²) in [6.07, 6.45) is -0.852. The predicted octanol–water partition coefficient (Wildman–Crippen LogP) is 5.35. The molecule has 46 heavy (non-hydrogen) atoms. The van der Waals surface area contributed by atoms with Crippen LogP contribution < -0.4 is 5.32 Å². The van der Waals surface area contributed by atoms with Crippen molar-refractivity contribution in [1.82, 2.24) is 20.3 Å². The highest BCUT2D eigenvalue weighted by Crippen LogP contribution is 2.31. The van der Waals surface area contributed by atoms with Gasteiger partial charge in [0.15, 0.2) is 0 Å². The van der Waals surface area contributed by atoms with Gasteiger partial charge in [0.05, 0.1) is 25.4 Å². The fourth-order valence-corrected chi connectivity index (χ4v) is 5.58. The number of hydrogen-bond acceptors (Lipinski definition) is 10. The van der Waals surface area contributed by atoms with E-state index < -0.39 is 29.7 Å². The second-order valence-corrected chi connectivity index (χ2v) is 12.7. The van der Waals surface area contributed by atoms with Crippen LogP contribution in [0.2, 0.25) is 0 Å². The minimum Gasteiger partial charge on any atom is -0.460 e. The van der Waals surface area contributed by atoms with Gasteiger partial charge in [-0.05, 0) is 58.4 Å². The van der Waals surface area contributed by atoms with Crippen molar-refractivity contribution in [2.24, 2.45) is 0 Å². The van der Waals surface area contributed by atoms with E-state index in [1.807, 2.05) is 66.7 Å². The van der Waals surface area contributed by atoms with Crippen molar-refractivity contribution < 1.29 is 33.5 Å². The molecule has 2 heterocycles. The molecule has 244 valence electrons. The minimum absolute atomic E-state index is 0.0308. The molecule has 0 radical (unpaired) electrons. The van der Waals surface area contributed by atoms with E-state index in [4.69, 9.17) is 14.3 Å². The maximum Gasteiger partial charge on any atom is 0.527 e. The number of carbonyl (C=O) groups excluding carboxylic acids is 4. The Morgan fingerprint density at radius 3 is 2.20 bits per heavy atom. The number of carbonyl (C=O) groups is 4. The molecule has 1 aliphatic heterocycles. The lowest BCUT2D eigenvalue weighted by atomic mass is 10.1. The predicted molar refractivity (Wildman–Crippen MR) is 173 cm³/mol. The minimum atomic E-state index is -1.02. The third-order valence-electron chi connectivity index (χ3n) is 6.76. The number of hydroxylamine groups is 2. The van der Waals surface area contributed by atoms with E-state index in [9.17, 15) is 19.2 Å². The van der Waals surface area contributed by atoms with Crippen LogP contribution >= 0.6 is 11.8 Å². The van der Waals surface area contributed by atoms with Gasteiger partial charge in [-0.2, -0.15) is 0 Å². The van der Waals surface area contributed by atoms with E-state index in [2.05, 4.69) is 10.3 Å². The van der Waals surface area contributed by atoms with Crippen molar-refractivity contribution in [1.29, 1.82) is 0 Å². The number of benzene rings is 2. The van der Waals surface area contributed by atoms with E-state index in [1.54, 1.807) is 38.7 Å². The molecule has 0 bridgehead atoms. The van der Waals surface area contributed by atoms with E-state index in [-0.39, 0.29) is 57.2 Å². The maximum atomic E-state index is 13.8. The van der Waals surface area contributed by atoms with E-state index >= 15 is 0 Å². The quantitative estimate of drug-likeness (QED) is 0.272. The monoisotopic (exact) mass is 648 g/mol. The van der Waals surface area contributed by atoms with Gasteiger partial charge in [0, 0.05) is 34.9 Å². The maximum absolute atomic E-state index is 13.8. The van der Waals surface area contributed by atoms with Gasteiger partial charge in [-0.3, -0.25) is 14.4 Å². The molecule has 1 fully saturated rings. The van der Waals surface area contributed by atoms with Crippen LogP contribution in [0.25, 0.3) is 11.3 Å². The number of nitrogens with one attached hydrogen (secondary N) is 1. The summed E-state index contributed by atoms with van der Waals surface area (Å²) in [5.74, 6) is -1.37. The summed E-state index contributed by atoms with van der Waals surface area (Å²) in [5, 5.41) is 4.28. The summed E-state index contributed by atoms with van der Waals surface area (Å²) in [4.78, 5) is 65.1. The van der Waals surface area contributed by atoms with Gasteiger partial charge in [0.2, 0.25) is 5.91 Å². The average molecular weight is 649 g/mol. The van der Waals surface area contributed by atoms with Crippen molar-refractivity contribution in [2.75, 3.05) is 32.8 Å². The topological polar surface area (TPSA) is 127 Å². The molecule has 11 nitrogen and oxygen atoms in total. The zero-order chi connectivity index (χ0) is 33.1. The van der Waals surface area contributed by atoms with Crippen LogP contribution in [0.3, 0.4) is 0 Å². The Bertz CT molecular complexity index is 1490. The van der Waals surface area contributed by atoms with Crippen molar-refractivity contribution >= 4 is 35.7 Å². The smallest absolute Gasteiger partial charge is 0.460 e. The summed E-state index contributed by atoms with van der Waals surface area (Å²) in [7, 11) is 0. The lowest BCUT2D eigenvalue weighted by Crippen LogP contribution is -2.55. The fourth-order valence-electron chi connectivity index (χ4n) is 4.68. The zero-order valence-electron chi connectivity index (χ0n) is 26.6. The fraction of sp³-hybridized carbons (Fsp3) is 0.382. The second-order valence-electron chi connectivity index (χ2n) is 11.5. The number of esters is 1. The van der Waals surface area contributed by atoms with Crippen LogP contribution in [-0.4, -0.2) is 83.3 Å². The lowest BCUT2D eigenvalue weighted by Gasteiger charge is -2.35. The third kappa shape index (κ3) is 10.6. The molecule has 2 amide bonds. The van der Waals surface area contributed by atoms with Crippen molar-refractivity contribution in [2.45, 2.75) is 62.0 Å². The molecule has 1 aromatic heterocycles. The normalized spacial score (nSPS) is 14.2. The number of amides is 2. The number of pyridine rings is 1. The highest BCUT2D eigenvalue weighted by atomic mass is 32.2. The molecule has 2 aromatic carbocycles. The van der Waals surface area contributed by atoms with Crippen molar-refractivity contribution in [3.8, 4) is 11.3 Å². The molecule has 1 saturated heterocycles. The van der Waals surface area contributed by atoms with Crippen LogP contribution in [0.1, 0.15) is 51.0 Å². The van der Waals surface area contributed by atoms with E-state index in [0.717, 1.165) is 15.4 Å². The number of piperazine rings is 1. The summed E-state index contributed by atoms with van der Waals surface area (Å²) < 4.78 is 10.3. The Labute approximate surface area is 273 Å². The molecule has 1 N–H and O–H groups in total. The number of ether oxygens (including phenoxy) is 2. The number of nitrogens with zero attached hydrogens (tertiary/aromatic N) is 3. The Kier molecular flexibility index (Phi) is 12.2. The number of rotatable bonds is 11. The number of aromatic nitrogens is 1. The van der Waals surface area contributed by atoms with Crippen LogP contribution in [0.15, 0.2) is 82.6 Å². The van der Waals surface area contributed by atoms with Gasteiger partial charge >= 0.3 is 12.1 Å². The first kappa shape index (κ1) is 34.5. The molecule has 0 spiro atoms. The van der Waals surface area contributed by atoms with E-state index in [1.165, 1.54) is 16.8 Å². The summed E-state index contributed by atoms with van der Waals surface area (Å²) in [5.41, 5.74) is 0.903. The van der Waals surface area contributed by atoms with Gasteiger partial charge in [-0.1, -0.05) is 60.3 Å². The number of hydrogen-bond donors (Lipinski definition) is 1. The first-order chi connectivity index (χ1) is 22.0. The highest BCUT2D eigenvalue weighted by molar-refractivity contribution is 7.99. The molecule has 0 unspecified atom stereocenters. The third-order valence-corrected chi connectivity index (χ3v) is 7.74. The first-order valence-corrected chi connectivity index (χ1v) is 16.0. The SMILES string of the molecule is CCOC(=O)ON1CCN(C(=O)[C@H](CCC(=O)OC(C)(C)C)NC(=O)c2cc(Sc3ccccc3)cc(-c3ccccc3)n2)CC1. The van der Waals surface area contributed by atoms with Crippen LogP contribution in [-0.2, 0) is 23.9 Å². The largest absolute Gasteiger partial charge is 0.527 e. The molecule has 0 saturated carbocycles. The van der Waals surface area contributed by atoms with Gasteiger partial charge in [0.1, 0.15) is 17.3 Å². The Morgan fingerprint density at radius 2 is 1.57 bits per heavy atom. The molecule has 12 heteroatoms. The molecule has 0 aliphatic carbocycles.